The smallest absolute Gasteiger partial charge is 0.289 e. The highest BCUT2D eigenvalue weighted by molar-refractivity contribution is 5.91. The van der Waals surface area contributed by atoms with Crippen LogP contribution in [0.4, 0.5) is 5.69 Å². The highest BCUT2D eigenvalue weighted by Crippen LogP contribution is 2.28. The molecule has 6 heteroatoms. The second-order valence-electron chi connectivity index (χ2n) is 8.49. The van der Waals surface area contributed by atoms with Crippen LogP contribution in [0.15, 0.2) is 58.7 Å². The van der Waals surface area contributed by atoms with E-state index in [1.165, 1.54) is 22.3 Å². The van der Waals surface area contributed by atoms with Crippen molar-refractivity contribution in [1.29, 1.82) is 5.26 Å². The molecule has 1 aromatic carbocycles. The first-order valence-electron chi connectivity index (χ1n) is 11.2. The Hall–Kier alpha value is -3.72. The number of rotatable bonds is 4. The van der Waals surface area contributed by atoms with Gasteiger partial charge >= 0.3 is 0 Å². The fourth-order valence-electron chi connectivity index (χ4n) is 4.68. The third-order valence-electron chi connectivity index (χ3n) is 6.42. The molecule has 162 valence electrons. The summed E-state index contributed by atoms with van der Waals surface area (Å²) >= 11 is 0. The van der Waals surface area contributed by atoms with Crippen LogP contribution in [0.3, 0.4) is 0 Å². The van der Waals surface area contributed by atoms with Crippen LogP contribution in [0.2, 0.25) is 0 Å². The molecule has 32 heavy (non-hydrogen) atoms. The summed E-state index contributed by atoms with van der Waals surface area (Å²) in [5, 5.41) is 18.8. The molecule has 3 aliphatic rings. The van der Waals surface area contributed by atoms with E-state index in [1.807, 2.05) is 11.0 Å². The maximum absolute atomic E-state index is 12.5. The highest BCUT2D eigenvalue weighted by atomic mass is 16.3. The maximum atomic E-state index is 12.5. The number of nitrogens with one attached hydrogen (secondary N) is 2. The molecule has 1 aromatic heterocycles. The standard InChI is InChI=1S/C26H26N4O2/c27-16-18-3-1-4-19(13-18)21-14-20-6-9-28-17-23(20)24(15-21)29-22-7-10-30(11-8-22)26(31)25-5-2-12-32-25/h1-3,5-6,12-15,17,19,22,28-29H,4,7-11H2. The molecule has 1 fully saturated rings. The number of carbonyl (C=O) groups is 1. The number of furan rings is 1. The zero-order valence-electron chi connectivity index (χ0n) is 17.9. The number of benzene rings is 1. The number of hydrogen-bond acceptors (Lipinski definition) is 5. The predicted molar refractivity (Wildman–Crippen MR) is 124 cm³/mol. The van der Waals surface area contributed by atoms with Crippen molar-refractivity contribution in [3.8, 4) is 6.07 Å². The first-order chi connectivity index (χ1) is 15.7. The summed E-state index contributed by atoms with van der Waals surface area (Å²) in [4.78, 5) is 14.4. The third kappa shape index (κ3) is 4.06. The Balaban J connectivity index is 1.35. The summed E-state index contributed by atoms with van der Waals surface area (Å²) in [6.45, 7) is 2.22. The van der Waals surface area contributed by atoms with Crippen molar-refractivity contribution in [2.45, 2.75) is 31.2 Å². The number of amides is 1. The lowest BCUT2D eigenvalue weighted by Gasteiger charge is -2.33. The molecule has 0 radical (unpaired) electrons. The molecule has 3 heterocycles. The van der Waals surface area contributed by atoms with Crippen LogP contribution >= 0.6 is 0 Å². The van der Waals surface area contributed by atoms with Crippen LogP contribution < -0.4 is 21.1 Å². The van der Waals surface area contributed by atoms with Gasteiger partial charge in [0.2, 0.25) is 0 Å². The van der Waals surface area contributed by atoms with Crippen molar-refractivity contribution < 1.29 is 9.21 Å². The summed E-state index contributed by atoms with van der Waals surface area (Å²) in [5.41, 5.74) is 3.05. The number of anilines is 1. The van der Waals surface area contributed by atoms with Gasteiger partial charge in [0.05, 0.1) is 12.3 Å². The first-order valence-corrected chi connectivity index (χ1v) is 11.2. The molecule has 0 saturated carbocycles. The van der Waals surface area contributed by atoms with Gasteiger partial charge in [0.1, 0.15) is 0 Å². The zero-order valence-corrected chi connectivity index (χ0v) is 17.9. The average molecular weight is 427 g/mol. The van der Waals surface area contributed by atoms with Crippen molar-refractivity contribution in [2.24, 2.45) is 0 Å². The molecular weight excluding hydrogens is 400 g/mol. The topological polar surface area (TPSA) is 81.3 Å². The maximum Gasteiger partial charge on any atom is 0.289 e. The van der Waals surface area contributed by atoms with E-state index in [0.29, 0.717) is 24.9 Å². The number of hydrogen-bond donors (Lipinski definition) is 2. The molecule has 2 aliphatic heterocycles. The minimum absolute atomic E-state index is 0.0367. The van der Waals surface area contributed by atoms with E-state index in [0.717, 1.165) is 37.1 Å². The molecular formula is C26H26N4O2. The van der Waals surface area contributed by atoms with Crippen LogP contribution in [0.5, 0.6) is 0 Å². The van der Waals surface area contributed by atoms with Crippen LogP contribution in [0.1, 0.15) is 41.3 Å². The van der Waals surface area contributed by atoms with Gasteiger partial charge in [-0.2, -0.15) is 5.26 Å². The Morgan fingerprint density at radius 1 is 1.28 bits per heavy atom. The van der Waals surface area contributed by atoms with Gasteiger partial charge in [0.25, 0.3) is 5.91 Å². The number of allylic oxidation sites excluding steroid dienone is 4. The molecule has 6 nitrogen and oxygen atoms in total. The third-order valence-corrected chi connectivity index (χ3v) is 6.42. The second-order valence-corrected chi connectivity index (χ2v) is 8.49. The summed E-state index contributed by atoms with van der Waals surface area (Å²) in [6, 6.07) is 10.5. The van der Waals surface area contributed by atoms with Crippen molar-refractivity contribution in [1.82, 2.24) is 10.2 Å². The molecule has 5 rings (SSSR count). The van der Waals surface area contributed by atoms with Gasteiger partial charge in [-0.3, -0.25) is 4.79 Å². The van der Waals surface area contributed by atoms with Gasteiger partial charge in [-0.05, 0) is 54.3 Å². The van der Waals surface area contributed by atoms with E-state index in [4.69, 9.17) is 4.42 Å². The Labute approximate surface area is 187 Å². The number of nitriles is 1. The van der Waals surface area contributed by atoms with E-state index in [-0.39, 0.29) is 11.8 Å². The summed E-state index contributed by atoms with van der Waals surface area (Å²) in [7, 11) is 0. The minimum atomic E-state index is -0.0367. The first kappa shape index (κ1) is 20.2. The summed E-state index contributed by atoms with van der Waals surface area (Å²) in [6.07, 6.45) is 14.5. The minimum Gasteiger partial charge on any atom is -0.459 e. The fourth-order valence-corrected chi connectivity index (χ4v) is 4.68. The summed E-state index contributed by atoms with van der Waals surface area (Å²) < 4.78 is 5.27. The van der Waals surface area contributed by atoms with Gasteiger partial charge in [0.15, 0.2) is 5.76 Å². The van der Waals surface area contributed by atoms with Crippen LogP contribution in [-0.4, -0.2) is 36.5 Å². The number of piperidine rings is 1. The zero-order chi connectivity index (χ0) is 21.9. The molecule has 0 bridgehead atoms. The van der Waals surface area contributed by atoms with Gasteiger partial charge < -0.3 is 20.0 Å². The van der Waals surface area contributed by atoms with Crippen LogP contribution in [0.25, 0.3) is 12.3 Å². The number of likely N-dealkylation sites (tertiary alicyclic amines) is 1. The number of nitrogens with zero attached hydrogens (tertiary/aromatic N) is 2. The van der Waals surface area contributed by atoms with Crippen LogP contribution in [-0.2, 0) is 0 Å². The molecule has 0 spiro atoms. The van der Waals surface area contributed by atoms with Crippen molar-refractivity contribution in [2.75, 3.05) is 25.0 Å². The Morgan fingerprint density at radius 2 is 2.16 bits per heavy atom. The SMILES string of the molecule is N#CC1=CC(c2cc(NC3CCN(C(=O)c4ccco4)CC3)c3c(c2)=CCNC=3)CC=C1. The van der Waals surface area contributed by atoms with E-state index in [1.54, 1.807) is 12.1 Å². The predicted octanol–water partition coefficient (Wildman–Crippen LogP) is 2.61. The normalized spacial score (nSPS) is 20.2. The van der Waals surface area contributed by atoms with Crippen LogP contribution in [0, 0.1) is 11.3 Å². The summed E-state index contributed by atoms with van der Waals surface area (Å²) in [5.74, 6) is 0.572. The van der Waals surface area contributed by atoms with E-state index in [2.05, 4.69) is 53.3 Å². The van der Waals surface area contributed by atoms with Crippen molar-refractivity contribution in [3.63, 3.8) is 0 Å². The monoisotopic (exact) mass is 426 g/mol. The molecule has 1 aliphatic carbocycles. The Bertz CT molecular complexity index is 1230. The lowest BCUT2D eigenvalue weighted by atomic mass is 9.88. The van der Waals surface area contributed by atoms with Gasteiger partial charge in [-0.25, -0.2) is 0 Å². The lowest BCUT2D eigenvalue weighted by Crippen LogP contribution is -2.44. The second kappa shape index (κ2) is 8.80. The number of carbonyl (C=O) groups excluding carboxylic acids is 1. The molecule has 1 amide bonds. The lowest BCUT2D eigenvalue weighted by molar-refractivity contribution is 0.0686. The highest BCUT2D eigenvalue weighted by Gasteiger charge is 2.25. The van der Waals surface area contributed by atoms with E-state index >= 15 is 0 Å². The molecule has 1 atom stereocenters. The van der Waals surface area contributed by atoms with Crippen molar-refractivity contribution in [3.05, 3.63) is 76.1 Å². The van der Waals surface area contributed by atoms with Gasteiger partial charge in [-0.1, -0.05) is 24.3 Å². The van der Waals surface area contributed by atoms with E-state index < -0.39 is 0 Å². The quantitative estimate of drug-likeness (QED) is 0.786. The van der Waals surface area contributed by atoms with E-state index in [9.17, 15) is 10.1 Å². The van der Waals surface area contributed by atoms with Gasteiger partial charge in [-0.15, -0.1) is 0 Å². The molecule has 1 unspecified atom stereocenters. The fraction of sp³-hybridized carbons (Fsp3) is 0.308. The number of fused-ring (bicyclic) bond motifs is 1. The molecule has 2 N–H and O–H groups in total. The average Bonchev–Trinajstić information content (AvgIpc) is 3.39. The van der Waals surface area contributed by atoms with Gasteiger partial charge in [0, 0.05) is 54.3 Å². The van der Waals surface area contributed by atoms with Crippen molar-refractivity contribution >= 4 is 23.9 Å². The molecule has 2 aromatic rings. The molecule has 1 saturated heterocycles. The Morgan fingerprint density at radius 3 is 2.94 bits per heavy atom. The Kier molecular flexibility index (Phi) is 5.55. The largest absolute Gasteiger partial charge is 0.459 e.